The van der Waals surface area contributed by atoms with E-state index in [9.17, 15) is 14.0 Å². The predicted molar refractivity (Wildman–Crippen MR) is 87.5 cm³/mol. The quantitative estimate of drug-likeness (QED) is 0.594. The van der Waals surface area contributed by atoms with Crippen LogP contribution in [0.1, 0.15) is 27.4 Å². The SMILES string of the molecule is Cc1ccc(C(=O)CCC(=O)NCCOc2ccccc2F)s1. The number of amides is 1. The first kappa shape index (κ1) is 17.1. The van der Waals surface area contributed by atoms with Crippen molar-refractivity contribution >= 4 is 23.0 Å². The lowest BCUT2D eigenvalue weighted by atomic mass is 10.2. The van der Waals surface area contributed by atoms with Gasteiger partial charge in [-0.15, -0.1) is 11.3 Å². The van der Waals surface area contributed by atoms with E-state index < -0.39 is 5.82 Å². The number of aryl methyl sites for hydroxylation is 1. The Bertz CT molecular complexity index is 684. The normalized spacial score (nSPS) is 10.3. The number of nitrogens with one attached hydrogen (secondary N) is 1. The van der Waals surface area contributed by atoms with E-state index in [0.29, 0.717) is 4.88 Å². The minimum Gasteiger partial charge on any atom is -0.489 e. The molecule has 1 aromatic heterocycles. The van der Waals surface area contributed by atoms with E-state index in [1.807, 2.05) is 13.0 Å². The van der Waals surface area contributed by atoms with Gasteiger partial charge >= 0.3 is 0 Å². The van der Waals surface area contributed by atoms with Crippen LogP contribution in [0, 0.1) is 12.7 Å². The Morgan fingerprint density at radius 3 is 2.65 bits per heavy atom. The number of hydrogen-bond donors (Lipinski definition) is 1. The third-order valence-electron chi connectivity index (χ3n) is 3.11. The van der Waals surface area contributed by atoms with Gasteiger partial charge in [-0.2, -0.15) is 0 Å². The molecular weight excluding hydrogens is 317 g/mol. The molecule has 0 fully saturated rings. The molecule has 0 aliphatic heterocycles. The zero-order valence-corrected chi connectivity index (χ0v) is 13.6. The third kappa shape index (κ3) is 5.49. The van der Waals surface area contributed by atoms with Gasteiger partial charge in [-0.1, -0.05) is 12.1 Å². The average Bonchev–Trinajstić information content (AvgIpc) is 2.97. The van der Waals surface area contributed by atoms with Crippen molar-refractivity contribution in [1.29, 1.82) is 0 Å². The minimum absolute atomic E-state index is 0.0270. The van der Waals surface area contributed by atoms with Crippen molar-refractivity contribution in [2.75, 3.05) is 13.2 Å². The molecule has 2 rings (SSSR count). The van der Waals surface area contributed by atoms with Crippen molar-refractivity contribution in [3.8, 4) is 5.75 Å². The summed E-state index contributed by atoms with van der Waals surface area (Å²) in [6.45, 7) is 2.37. The summed E-state index contributed by atoms with van der Waals surface area (Å²) in [5.74, 6) is -0.523. The molecule has 4 nitrogen and oxygen atoms in total. The van der Waals surface area contributed by atoms with Gasteiger partial charge in [0.05, 0.1) is 11.4 Å². The van der Waals surface area contributed by atoms with Crippen LogP contribution in [0.4, 0.5) is 4.39 Å². The molecule has 0 unspecified atom stereocenters. The van der Waals surface area contributed by atoms with Crippen LogP contribution in [0.2, 0.25) is 0 Å². The summed E-state index contributed by atoms with van der Waals surface area (Å²) in [5.41, 5.74) is 0. The van der Waals surface area contributed by atoms with Crippen molar-refractivity contribution in [3.05, 3.63) is 52.0 Å². The lowest BCUT2D eigenvalue weighted by molar-refractivity contribution is -0.121. The first-order valence-corrected chi connectivity index (χ1v) is 8.11. The van der Waals surface area contributed by atoms with Gasteiger partial charge in [0.2, 0.25) is 5.91 Å². The number of benzene rings is 1. The highest BCUT2D eigenvalue weighted by atomic mass is 32.1. The molecule has 0 bridgehead atoms. The van der Waals surface area contributed by atoms with Crippen LogP contribution in [-0.2, 0) is 4.79 Å². The van der Waals surface area contributed by atoms with Crippen LogP contribution in [0.25, 0.3) is 0 Å². The first-order chi connectivity index (χ1) is 11.1. The number of carbonyl (C=O) groups is 2. The fraction of sp³-hybridized carbons (Fsp3) is 0.294. The Morgan fingerprint density at radius 1 is 1.17 bits per heavy atom. The van der Waals surface area contributed by atoms with Crippen LogP contribution in [0.15, 0.2) is 36.4 Å². The second-order valence-corrected chi connectivity index (χ2v) is 6.25. The summed E-state index contributed by atoms with van der Waals surface area (Å²) in [6.07, 6.45) is 0.315. The molecule has 0 atom stereocenters. The van der Waals surface area contributed by atoms with Gasteiger partial charge in [-0.05, 0) is 31.2 Å². The molecule has 122 valence electrons. The Morgan fingerprint density at radius 2 is 1.96 bits per heavy atom. The van der Waals surface area contributed by atoms with Crippen molar-refractivity contribution in [2.24, 2.45) is 0 Å². The van der Waals surface area contributed by atoms with Gasteiger partial charge < -0.3 is 10.1 Å². The zero-order chi connectivity index (χ0) is 16.7. The van der Waals surface area contributed by atoms with Crippen molar-refractivity contribution < 1.29 is 18.7 Å². The number of para-hydroxylation sites is 1. The maximum absolute atomic E-state index is 13.3. The predicted octanol–water partition coefficient (Wildman–Crippen LogP) is 3.35. The van der Waals surface area contributed by atoms with Gasteiger partial charge in [0.25, 0.3) is 0 Å². The number of thiophene rings is 1. The van der Waals surface area contributed by atoms with E-state index >= 15 is 0 Å². The molecule has 2 aromatic rings. The molecule has 1 heterocycles. The summed E-state index contributed by atoms with van der Waals surface area (Å²) in [5, 5.41) is 2.65. The first-order valence-electron chi connectivity index (χ1n) is 7.30. The Labute approximate surface area is 138 Å². The summed E-state index contributed by atoms with van der Waals surface area (Å²) < 4.78 is 18.5. The van der Waals surface area contributed by atoms with Crippen LogP contribution in [0.3, 0.4) is 0 Å². The molecule has 1 aromatic carbocycles. The Hall–Kier alpha value is -2.21. The van der Waals surface area contributed by atoms with E-state index in [1.54, 1.807) is 18.2 Å². The highest BCUT2D eigenvalue weighted by Crippen LogP contribution is 2.17. The van der Waals surface area contributed by atoms with E-state index in [4.69, 9.17) is 4.74 Å². The molecule has 1 N–H and O–H groups in total. The summed E-state index contributed by atoms with van der Waals surface area (Å²) in [6, 6.07) is 9.76. The number of carbonyl (C=O) groups excluding carboxylic acids is 2. The van der Waals surface area contributed by atoms with Gasteiger partial charge in [0, 0.05) is 17.7 Å². The zero-order valence-electron chi connectivity index (χ0n) is 12.8. The summed E-state index contributed by atoms with van der Waals surface area (Å²) in [4.78, 5) is 25.3. The van der Waals surface area contributed by atoms with Gasteiger partial charge in [-0.3, -0.25) is 9.59 Å². The molecule has 6 heteroatoms. The second-order valence-electron chi connectivity index (χ2n) is 4.96. The molecule has 1 amide bonds. The maximum atomic E-state index is 13.3. The maximum Gasteiger partial charge on any atom is 0.220 e. The number of Topliss-reactive ketones (excluding diaryl/α,β-unsaturated/α-hetero) is 1. The summed E-state index contributed by atoms with van der Waals surface area (Å²) >= 11 is 1.43. The molecule has 0 spiro atoms. The van der Waals surface area contributed by atoms with E-state index in [1.165, 1.54) is 23.5 Å². The van der Waals surface area contributed by atoms with Crippen molar-refractivity contribution in [2.45, 2.75) is 19.8 Å². The molecular formula is C17H18FNO3S. The van der Waals surface area contributed by atoms with Crippen LogP contribution < -0.4 is 10.1 Å². The number of ketones is 1. The van der Waals surface area contributed by atoms with Gasteiger partial charge in [-0.25, -0.2) is 4.39 Å². The number of rotatable bonds is 8. The van der Waals surface area contributed by atoms with Crippen LogP contribution in [0.5, 0.6) is 5.75 Å². The van der Waals surface area contributed by atoms with Crippen LogP contribution in [-0.4, -0.2) is 24.8 Å². The smallest absolute Gasteiger partial charge is 0.220 e. The van der Waals surface area contributed by atoms with E-state index in [-0.39, 0.29) is 43.4 Å². The monoisotopic (exact) mass is 335 g/mol. The fourth-order valence-electron chi connectivity index (χ4n) is 1.94. The topological polar surface area (TPSA) is 55.4 Å². The Kier molecular flexibility index (Phi) is 6.29. The highest BCUT2D eigenvalue weighted by molar-refractivity contribution is 7.14. The fourth-order valence-corrected chi connectivity index (χ4v) is 2.77. The molecule has 0 radical (unpaired) electrons. The Balaban J connectivity index is 1.64. The average molecular weight is 335 g/mol. The molecule has 0 aliphatic rings. The number of halogens is 1. The molecule has 0 saturated carbocycles. The summed E-state index contributed by atoms with van der Waals surface area (Å²) in [7, 11) is 0. The van der Waals surface area contributed by atoms with Crippen molar-refractivity contribution in [3.63, 3.8) is 0 Å². The highest BCUT2D eigenvalue weighted by Gasteiger charge is 2.11. The largest absolute Gasteiger partial charge is 0.489 e. The molecule has 23 heavy (non-hydrogen) atoms. The number of ether oxygens (including phenoxy) is 1. The lowest BCUT2D eigenvalue weighted by Gasteiger charge is -2.08. The van der Waals surface area contributed by atoms with E-state index in [2.05, 4.69) is 5.32 Å². The third-order valence-corrected chi connectivity index (χ3v) is 4.15. The number of hydrogen-bond acceptors (Lipinski definition) is 4. The lowest BCUT2D eigenvalue weighted by Crippen LogP contribution is -2.28. The minimum atomic E-state index is -0.435. The molecule has 0 saturated heterocycles. The van der Waals surface area contributed by atoms with Crippen LogP contribution >= 0.6 is 11.3 Å². The van der Waals surface area contributed by atoms with Crippen molar-refractivity contribution in [1.82, 2.24) is 5.32 Å². The molecule has 0 aliphatic carbocycles. The van der Waals surface area contributed by atoms with E-state index in [0.717, 1.165) is 4.88 Å². The second kappa shape index (κ2) is 8.43. The van der Waals surface area contributed by atoms with Gasteiger partial charge in [0.1, 0.15) is 6.61 Å². The van der Waals surface area contributed by atoms with Gasteiger partial charge in [0.15, 0.2) is 17.3 Å². The standard InChI is InChI=1S/C17H18FNO3S/c1-12-6-8-16(23-12)14(20)7-9-17(21)19-10-11-22-15-5-3-2-4-13(15)18/h2-6,8H,7,9-11H2,1H3,(H,19,21).